The van der Waals surface area contributed by atoms with Gasteiger partial charge in [-0.25, -0.2) is 4.79 Å². The maximum Gasteiger partial charge on any atom is 0.343 e. The number of esters is 1. The molecular formula is C14H17N3O4. The summed E-state index contributed by atoms with van der Waals surface area (Å²) in [6.07, 6.45) is 5.16. The van der Waals surface area contributed by atoms with Gasteiger partial charge in [0.15, 0.2) is 5.65 Å². The van der Waals surface area contributed by atoms with Crippen LogP contribution in [0.5, 0.6) is 5.88 Å². The Morgan fingerprint density at radius 1 is 1.52 bits per heavy atom. The van der Waals surface area contributed by atoms with Crippen LogP contribution in [-0.2, 0) is 4.74 Å². The van der Waals surface area contributed by atoms with Gasteiger partial charge in [-0.05, 0) is 25.7 Å². The summed E-state index contributed by atoms with van der Waals surface area (Å²) < 4.78 is 6.10. The number of carbonyl (C=O) groups excluding carboxylic acids is 1. The van der Waals surface area contributed by atoms with E-state index in [4.69, 9.17) is 4.74 Å². The number of rotatable bonds is 3. The van der Waals surface area contributed by atoms with Gasteiger partial charge < -0.3 is 14.8 Å². The molecule has 7 heteroatoms. The van der Waals surface area contributed by atoms with Crippen molar-refractivity contribution in [1.82, 2.24) is 14.6 Å². The predicted octanol–water partition coefficient (Wildman–Crippen LogP) is 1.56. The maximum absolute atomic E-state index is 12.3. The van der Waals surface area contributed by atoms with E-state index in [2.05, 4.69) is 10.1 Å². The summed E-state index contributed by atoms with van der Waals surface area (Å²) in [6, 6.07) is 0. The molecule has 0 amide bonds. The molecule has 0 atom stereocenters. The van der Waals surface area contributed by atoms with E-state index in [0.29, 0.717) is 5.56 Å². The summed E-state index contributed by atoms with van der Waals surface area (Å²) in [5, 5.41) is 14.3. The molecule has 1 aliphatic carbocycles. The van der Waals surface area contributed by atoms with Crippen LogP contribution >= 0.6 is 0 Å². The lowest BCUT2D eigenvalue weighted by atomic mass is 10.00. The fraction of sp³-hybridized carbons (Fsp3) is 0.500. The highest BCUT2D eigenvalue weighted by Crippen LogP contribution is 2.36. The van der Waals surface area contributed by atoms with Crippen LogP contribution in [0.2, 0.25) is 0 Å². The molecule has 7 nitrogen and oxygen atoms in total. The predicted molar refractivity (Wildman–Crippen MR) is 74.6 cm³/mol. The highest BCUT2D eigenvalue weighted by Gasteiger charge is 2.27. The van der Waals surface area contributed by atoms with Crippen LogP contribution < -0.4 is 5.56 Å². The first-order valence-corrected chi connectivity index (χ1v) is 7.13. The van der Waals surface area contributed by atoms with E-state index in [9.17, 15) is 14.7 Å². The number of carbonyl (C=O) groups is 1. The molecule has 2 aromatic heterocycles. The van der Waals surface area contributed by atoms with Gasteiger partial charge in [0.25, 0.3) is 5.56 Å². The third-order valence-corrected chi connectivity index (χ3v) is 3.95. The SMILES string of the molecule is CCOC(=O)c1cnn2c(O)c(C3CCCC3)c(=O)[nH]c12. The number of hydrogen-bond acceptors (Lipinski definition) is 5. The molecule has 0 bridgehead atoms. The summed E-state index contributed by atoms with van der Waals surface area (Å²) in [5.41, 5.74) is 0.302. The van der Waals surface area contributed by atoms with Crippen molar-refractivity contribution in [3.05, 3.63) is 27.7 Å². The van der Waals surface area contributed by atoms with Crippen LogP contribution in [0.3, 0.4) is 0 Å². The van der Waals surface area contributed by atoms with Crippen molar-refractivity contribution >= 4 is 11.6 Å². The van der Waals surface area contributed by atoms with Crippen molar-refractivity contribution in [2.75, 3.05) is 6.61 Å². The first kappa shape index (κ1) is 13.7. The second kappa shape index (κ2) is 5.23. The lowest BCUT2D eigenvalue weighted by Crippen LogP contribution is -2.19. The Bertz CT molecular complexity index is 740. The molecule has 112 valence electrons. The second-order valence-corrected chi connectivity index (χ2v) is 5.21. The Kier molecular flexibility index (Phi) is 3.40. The van der Waals surface area contributed by atoms with Gasteiger partial charge in [-0.1, -0.05) is 12.8 Å². The Hall–Kier alpha value is -2.31. The molecule has 0 aliphatic heterocycles. The molecule has 0 aromatic carbocycles. The first-order chi connectivity index (χ1) is 10.1. The smallest absolute Gasteiger partial charge is 0.343 e. The van der Waals surface area contributed by atoms with E-state index in [0.717, 1.165) is 25.7 Å². The topological polar surface area (TPSA) is 96.7 Å². The molecule has 3 rings (SSSR count). The zero-order valence-electron chi connectivity index (χ0n) is 11.8. The van der Waals surface area contributed by atoms with E-state index in [1.54, 1.807) is 6.92 Å². The maximum atomic E-state index is 12.3. The summed E-state index contributed by atoms with van der Waals surface area (Å²) in [4.78, 5) is 26.7. The van der Waals surface area contributed by atoms with Crippen LogP contribution in [-0.4, -0.2) is 32.3 Å². The quantitative estimate of drug-likeness (QED) is 0.836. The standard InChI is InChI=1S/C14H17N3O4/c1-2-21-14(20)9-7-15-17-11(9)16-12(18)10(13(17)19)8-5-3-4-6-8/h7-8,19H,2-6H2,1H3,(H,16,18). The van der Waals surface area contributed by atoms with Crippen molar-refractivity contribution in [1.29, 1.82) is 0 Å². The summed E-state index contributed by atoms with van der Waals surface area (Å²) >= 11 is 0. The molecule has 1 fully saturated rings. The number of hydrogen-bond donors (Lipinski definition) is 2. The van der Waals surface area contributed by atoms with Crippen molar-refractivity contribution < 1.29 is 14.6 Å². The average Bonchev–Trinajstić information content (AvgIpc) is 3.08. The number of aromatic hydroxyl groups is 1. The minimum atomic E-state index is -0.573. The second-order valence-electron chi connectivity index (χ2n) is 5.21. The Balaban J connectivity index is 2.14. The normalized spacial score (nSPS) is 15.7. The number of nitrogens with zero attached hydrogens (tertiary/aromatic N) is 2. The van der Waals surface area contributed by atoms with Crippen molar-refractivity contribution in [2.45, 2.75) is 38.5 Å². The molecule has 1 saturated carbocycles. The van der Waals surface area contributed by atoms with Gasteiger partial charge in [0.05, 0.1) is 18.4 Å². The largest absolute Gasteiger partial charge is 0.493 e. The van der Waals surface area contributed by atoms with E-state index in [1.807, 2.05) is 0 Å². The van der Waals surface area contributed by atoms with Crippen LogP contribution in [0.4, 0.5) is 0 Å². The minimum Gasteiger partial charge on any atom is -0.493 e. The fourth-order valence-corrected chi connectivity index (χ4v) is 2.96. The van der Waals surface area contributed by atoms with Crippen molar-refractivity contribution in [3.63, 3.8) is 0 Å². The first-order valence-electron chi connectivity index (χ1n) is 7.13. The van der Waals surface area contributed by atoms with Crippen LogP contribution in [0, 0.1) is 0 Å². The van der Waals surface area contributed by atoms with Gasteiger partial charge in [-0.15, -0.1) is 0 Å². The number of aromatic nitrogens is 3. The molecule has 0 saturated heterocycles. The zero-order valence-corrected chi connectivity index (χ0v) is 11.8. The molecule has 0 unspecified atom stereocenters. The molecule has 0 spiro atoms. The zero-order chi connectivity index (χ0) is 15.0. The van der Waals surface area contributed by atoms with Gasteiger partial charge in [0.2, 0.25) is 5.88 Å². The van der Waals surface area contributed by atoms with Crippen LogP contribution in [0.25, 0.3) is 5.65 Å². The average molecular weight is 291 g/mol. The van der Waals surface area contributed by atoms with Gasteiger partial charge in [0.1, 0.15) is 5.56 Å². The molecule has 1 aliphatic rings. The lowest BCUT2D eigenvalue weighted by molar-refractivity contribution is 0.0528. The van der Waals surface area contributed by atoms with Gasteiger partial charge in [-0.2, -0.15) is 9.61 Å². The molecule has 21 heavy (non-hydrogen) atoms. The van der Waals surface area contributed by atoms with Crippen LogP contribution in [0.15, 0.2) is 11.0 Å². The number of fused-ring (bicyclic) bond motifs is 1. The Morgan fingerprint density at radius 2 is 2.24 bits per heavy atom. The van der Waals surface area contributed by atoms with Crippen molar-refractivity contribution in [2.24, 2.45) is 0 Å². The van der Waals surface area contributed by atoms with Gasteiger partial charge >= 0.3 is 5.97 Å². The Labute approximate surface area is 120 Å². The molecule has 2 heterocycles. The van der Waals surface area contributed by atoms with Gasteiger partial charge in [-0.3, -0.25) is 4.79 Å². The number of ether oxygens (including phenoxy) is 1. The number of nitrogens with one attached hydrogen (secondary N) is 1. The summed E-state index contributed by atoms with van der Waals surface area (Å²) in [7, 11) is 0. The molecule has 2 aromatic rings. The van der Waals surface area contributed by atoms with E-state index in [1.165, 1.54) is 10.7 Å². The highest BCUT2D eigenvalue weighted by molar-refractivity contribution is 5.95. The molecule has 2 N–H and O–H groups in total. The van der Waals surface area contributed by atoms with Gasteiger partial charge in [0, 0.05) is 0 Å². The van der Waals surface area contributed by atoms with E-state index in [-0.39, 0.29) is 35.2 Å². The Morgan fingerprint density at radius 3 is 2.90 bits per heavy atom. The third-order valence-electron chi connectivity index (χ3n) is 3.95. The third kappa shape index (κ3) is 2.18. The lowest BCUT2D eigenvalue weighted by Gasteiger charge is -2.11. The van der Waals surface area contributed by atoms with E-state index < -0.39 is 5.97 Å². The number of H-pyrrole nitrogens is 1. The summed E-state index contributed by atoms with van der Waals surface area (Å²) in [6.45, 7) is 1.93. The van der Waals surface area contributed by atoms with Crippen molar-refractivity contribution in [3.8, 4) is 5.88 Å². The number of aromatic amines is 1. The van der Waals surface area contributed by atoms with E-state index >= 15 is 0 Å². The monoisotopic (exact) mass is 291 g/mol. The van der Waals surface area contributed by atoms with Crippen LogP contribution in [0.1, 0.15) is 54.4 Å². The summed E-state index contributed by atoms with van der Waals surface area (Å²) in [5.74, 6) is -0.708. The molecular weight excluding hydrogens is 274 g/mol. The fourth-order valence-electron chi connectivity index (χ4n) is 2.96. The molecule has 0 radical (unpaired) electrons. The minimum absolute atomic E-state index is 0.0494. The highest BCUT2D eigenvalue weighted by atomic mass is 16.5.